The maximum absolute atomic E-state index is 12.6. The second kappa shape index (κ2) is 7.85. The van der Waals surface area contributed by atoms with E-state index < -0.39 is 9.84 Å². The molecule has 6 nitrogen and oxygen atoms in total. The van der Waals surface area contributed by atoms with Gasteiger partial charge in [0.25, 0.3) is 5.91 Å². The highest BCUT2D eigenvalue weighted by Gasteiger charge is 2.23. The van der Waals surface area contributed by atoms with Crippen molar-refractivity contribution < 1.29 is 13.2 Å². The number of hydrogen-bond acceptors (Lipinski definition) is 6. The molecule has 0 spiro atoms. The summed E-state index contributed by atoms with van der Waals surface area (Å²) < 4.78 is 23.7. The molecule has 140 valence electrons. The average molecular weight is 394 g/mol. The van der Waals surface area contributed by atoms with Gasteiger partial charge in [-0.25, -0.2) is 13.4 Å². The van der Waals surface area contributed by atoms with Gasteiger partial charge in [-0.15, -0.1) is 11.3 Å². The van der Waals surface area contributed by atoms with E-state index in [0.29, 0.717) is 18.7 Å². The van der Waals surface area contributed by atoms with Gasteiger partial charge in [0.1, 0.15) is 0 Å². The zero-order chi connectivity index (χ0) is 18.7. The number of aryl methyl sites for hydroxylation is 1. The lowest BCUT2D eigenvalue weighted by Gasteiger charge is -2.34. The zero-order valence-electron chi connectivity index (χ0n) is 15.0. The van der Waals surface area contributed by atoms with Gasteiger partial charge in [0, 0.05) is 43.7 Å². The Morgan fingerprint density at radius 3 is 2.35 bits per heavy atom. The Kier molecular flexibility index (Phi) is 5.74. The molecule has 2 heterocycles. The molecule has 8 heteroatoms. The number of benzene rings is 1. The van der Waals surface area contributed by atoms with Crippen LogP contribution in [0.5, 0.6) is 0 Å². The average Bonchev–Trinajstić information content (AvgIpc) is 3.06. The largest absolute Gasteiger partial charge is 0.336 e. The molecule has 1 aliphatic rings. The van der Waals surface area contributed by atoms with Crippen molar-refractivity contribution in [3.8, 4) is 0 Å². The van der Waals surface area contributed by atoms with Gasteiger partial charge in [-0.2, -0.15) is 0 Å². The fourth-order valence-electron chi connectivity index (χ4n) is 2.97. The summed E-state index contributed by atoms with van der Waals surface area (Å²) in [4.78, 5) is 21.5. The molecule has 1 aliphatic heterocycles. The maximum Gasteiger partial charge on any atom is 0.253 e. The standard InChI is InChI=1S/C18H23N3O3S2/c1-3-26(23,24)17-6-4-15(5-7-17)18(22)21-10-8-20(9-11-21)12-16-13-25-14(2)19-16/h4-7,13H,3,8-12H2,1-2H3. The van der Waals surface area contributed by atoms with E-state index in [1.165, 1.54) is 12.1 Å². The molecular weight excluding hydrogens is 370 g/mol. The second-order valence-corrected chi connectivity index (χ2v) is 9.69. The molecule has 0 unspecified atom stereocenters. The Morgan fingerprint density at radius 1 is 1.15 bits per heavy atom. The van der Waals surface area contributed by atoms with Gasteiger partial charge < -0.3 is 4.90 Å². The number of rotatable bonds is 5. The van der Waals surface area contributed by atoms with Crippen molar-refractivity contribution in [3.05, 3.63) is 45.9 Å². The van der Waals surface area contributed by atoms with E-state index in [9.17, 15) is 13.2 Å². The number of aromatic nitrogens is 1. The molecule has 1 saturated heterocycles. The molecule has 26 heavy (non-hydrogen) atoms. The minimum absolute atomic E-state index is 0.0467. The van der Waals surface area contributed by atoms with Gasteiger partial charge in [0.05, 0.1) is 21.3 Å². The lowest BCUT2D eigenvalue weighted by Crippen LogP contribution is -2.48. The van der Waals surface area contributed by atoms with Crippen molar-refractivity contribution in [2.75, 3.05) is 31.9 Å². The lowest BCUT2D eigenvalue weighted by atomic mass is 10.2. The first-order chi connectivity index (χ1) is 12.4. The molecule has 1 amide bonds. The molecule has 0 radical (unpaired) electrons. The number of sulfone groups is 1. The summed E-state index contributed by atoms with van der Waals surface area (Å²) in [6.45, 7) is 7.38. The summed E-state index contributed by atoms with van der Waals surface area (Å²) in [6.07, 6.45) is 0. The van der Waals surface area contributed by atoms with Crippen LogP contribution in [0.4, 0.5) is 0 Å². The maximum atomic E-state index is 12.6. The van der Waals surface area contributed by atoms with Crippen LogP contribution in [0.3, 0.4) is 0 Å². The smallest absolute Gasteiger partial charge is 0.253 e. The lowest BCUT2D eigenvalue weighted by molar-refractivity contribution is 0.0627. The van der Waals surface area contributed by atoms with Crippen LogP contribution in [0.2, 0.25) is 0 Å². The van der Waals surface area contributed by atoms with E-state index in [4.69, 9.17) is 0 Å². The third-order valence-electron chi connectivity index (χ3n) is 4.55. The molecule has 1 fully saturated rings. The van der Waals surface area contributed by atoms with Gasteiger partial charge in [-0.05, 0) is 31.2 Å². The van der Waals surface area contributed by atoms with Crippen LogP contribution in [-0.2, 0) is 16.4 Å². The van der Waals surface area contributed by atoms with Gasteiger partial charge in [0.15, 0.2) is 9.84 Å². The van der Waals surface area contributed by atoms with Crippen molar-refractivity contribution in [3.63, 3.8) is 0 Å². The first-order valence-electron chi connectivity index (χ1n) is 8.64. The molecule has 0 saturated carbocycles. The molecule has 3 rings (SSSR count). The number of thiazole rings is 1. The van der Waals surface area contributed by atoms with E-state index in [2.05, 4.69) is 15.3 Å². The predicted octanol–water partition coefficient (Wildman–Crippen LogP) is 2.20. The molecule has 0 bridgehead atoms. The Bertz CT molecular complexity index is 867. The quantitative estimate of drug-likeness (QED) is 0.779. The van der Waals surface area contributed by atoms with E-state index in [1.54, 1.807) is 30.4 Å². The molecule has 0 aliphatic carbocycles. The van der Waals surface area contributed by atoms with Gasteiger partial charge in [0.2, 0.25) is 0 Å². The SMILES string of the molecule is CCS(=O)(=O)c1ccc(C(=O)N2CCN(Cc3csc(C)n3)CC2)cc1. The minimum Gasteiger partial charge on any atom is -0.336 e. The van der Waals surface area contributed by atoms with Crippen LogP contribution in [0, 0.1) is 6.92 Å². The Morgan fingerprint density at radius 2 is 1.81 bits per heavy atom. The zero-order valence-corrected chi connectivity index (χ0v) is 16.6. The molecule has 0 atom stereocenters. The summed E-state index contributed by atoms with van der Waals surface area (Å²) in [5, 5.41) is 3.15. The molecule has 1 aromatic heterocycles. The number of amides is 1. The normalized spacial score (nSPS) is 16.0. The third-order valence-corrected chi connectivity index (χ3v) is 7.12. The summed E-state index contributed by atoms with van der Waals surface area (Å²) in [5.41, 5.74) is 1.61. The molecule has 2 aromatic rings. The van der Waals surface area contributed by atoms with E-state index in [-0.39, 0.29) is 16.6 Å². The van der Waals surface area contributed by atoms with Gasteiger partial charge in [-0.3, -0.25) is 9.69 Å². The van der Waals surface area contributed by atoms with Crippen LogP contribution in [-0.4, -0.2) is 61.0 Å². The van der Waals surface area contributed by atoms with Crippen LogP contribution in [0.15, 0.2) is 34.5 Å². The first-order valence-corrected chi connectivity index (χ1v) is 11.2. The summed E-state index contributed by atoms with van der Waals surface area (Å²) in [6, 6.07) is 6.25. The fourth-order valence-corrected chi connectivity index (χ4v) is 4.46. The van der Waals surface area contributed by atoms with Crippen LogP contribution in [0.1, 0.15) is 28.0 Å². The van der Waals surface area contributed by atoms with Crippen molar-refractivity contribution in [2.24, 2.45) is 0 Å². The Balaban J connectivity index is 1.58. The highest BCUT2D eigenvalue weighted by molar-refractivity contribution is 7.91. The highest BCUT2D eigenvalue weighted by atomic mass is 32.2. The number of carbonyl (C=O) groups excluding carboxylic acids is 1. The predicted molar refractivity (Wildman–Crippen MR) is 102 cm³/mol. The van der Waals surface area contributed by atoms with Crippen molar-refractivity contribution in [2.45, 2.75) is 25.3 Å². The van der Waals surface area contributed by atoms with Crippen LogP contribution in [0.25, 0.3) is 0 Å². The molecule has 0 N–H and O–H groups in total. The topological polar surface area (TPSA) is 70.6 Å². The number of carbonyl (C=O) groups is 1. The monoisotopic (exact) mass is 393 g/mol. The summed E-state index contributed by atoms with van der Waals surface area (Å²) in [5.74, 6) is 0.00965. The van der Waals surface area contributed by atoms with Crippen molar-refractivity contribution >= 4 is 27.1 Å². The molecular formula is C18H23N3O3S2. The number of hydrogen-bond donors (Lipinski definition) is 0. The number of nitrogens with zero attached hydrogens (tertiary/aromatic N) is 3. The third kappa shape index (κ3) is 4.31. The Labute approximate surface area is 158 Å². The van der Waals surface area contributed by atoms with E-state index in [1.807, 2.05) is 11.8 Å². The van der Waals surface area contributed by atoms with Gasteiger partial charge in [-0.1, -0.05) is 6.92 Å². The van der Waals surface area contributed by atoms with Crippen molar-refractivity contribution in [1.82, 2.24) is 14.8 Å². The highest BCUT2D eigenvalue weighted by Crippen LogP contribution is 2.16. The van der Waals surface area contributed by atoms with E-state index >= 15 is 0 Å². The Hall–Kier alpha value is -1.77. The first kappa shape index (κ1) is 19.0. The fraction of sp³-hybridized carbons (Fsp3) is 0.444. The van der Waals surface area contributed by atoms with Crippen LogP contribution < -0.4 is 0 Å². The van der Waals surface area contributed by atoms with Crippen LogP contribution >= 0.6 is 11.3 Å². The van der Waals surface area contributed by atoms with Crippen molar-refractivity contribution in [1.29, 1.82) is 0 Å². The summed E-state index contributed by atoms with van der Waals surface area (Å²) in [7, 11) is -3.24. The summed E-state index contributed by atoms with van der Waals surface area (Å²) >= 11 is 1.65. The number of piperazine rings is 1. The minimum atomic E-state index is -3.24. The second-order valence-electron chi connectivity index (χ2n) is 6.35. The molecule has 1 aromatic carbocycles. The van der Waals surface area contributed by atoms with E-state index in [0.717, 1.165) is 30.3 Å². The van der Waals surface area contributed by atoms with Gasteiger partial charge >= 0.3 is 0 Å².